The Bertz CT molecular complexity index is 1180. The van der Waals surface area contributed by atoms with Crippen LogP contribution < -0.4 is 15.6 Å². The van der Waals surface area contributed by atoms with Gasteiger partial charge in [-0.2, -0.15) is 33.2 Å². The molecule has 1 fully saturated rings. The highest BCUT2D eigenvalue weighted by atomic mass is 19.4. The van der Waals surface area contributed by atoms with Crippen molar-refractivity contribution in [2.45, 2.75) is 20.0 Å². The molecule has 0 saturated carbocycles. The molecule has 0 bridgehead atoms. The summed E-state index contributed by atoms with van der Waals surface area (Å²) < 4.78 is 45.1. The van der Waals surface area contributed by atoms with Crippen LogP contribution >= 0.6 is 0 Å². The Labute approximate surface area is 194 Å². The van der Waals surface area contributed by atoms with Crippen LogP contribution in [0.4, 0.5) is 36.7 Å². The van der Waals surface area contributed by atoms with E-state index in [9.17, 15) is 13.2 Å². The predicted molar refractivity (Wildman–Crippen MR) is 125 cm³/mol. The van der Waals surface area contributed by atoms with Crippen molar-refractivity contribution in [2.24, 2.45) is 5.10 Å². The Kier molecular flexibility index (Phi) is 6.92. The summed E-state index contributed by atoms with van der Waals surface area (Å²) in [6.45, 7) is 6.25. The summed E-state index contributed by atoms with van der Waals surface area (Å²) in [5.41, 5.74) is 4.72. The van der Waals surface area contributed by atoms with Gasteiger partial charge in [0, 0.05) is 24.3 Å². The zero-order chi connectivity index (χ0) is 24.1. The molecule has 34 heavy (non-hydrogen) atoms. The van der Waals surface area contributed by atoms with Gasteiger partial charge < -0.3 is 15.0 Å². The first-order valence-electron chi connectivity index (χ1n) is 10.7. The summed E-state index contributed by atoms with van der Waals surface area (Å²) in [6, 6.07) is 11.2. The normalized spacial score (nSPS) is 14.4. The van der Waals surface area contributed by atoms with Gasteiger partial charge in [-0.15, -0.1) is 0 Å². The van der Waals surface area contributed by atoms with Gasteiger partial charge in [-0.1, -0.05) is 30.3 Å². The molecule has 1 aliphatic rings. The number of nitrogens with zero attached hydrogens (tertiary/aromatic N) is 5. The second kappa shape index (κ2) is 10.0. The van der Waals surface area contributed by atoms with Crippen molar-refractivity contribution in [2.75, 3.05) is 41.9 Å². The molecular formula is C23H24F3N7O. The summed E-state index contributed by atoms with van der Waals surface area (Å²) >= 11 is 0. The molecule has 0 amide bonds. The number of alkyl halides is 3. The third-order valence-corrected chi connectivity index (χ3v) is 5.19. The van der Waals surface area contributed by atoms with Crippen molar-refractivity contribution >= 4 is 29.7 Å². The lowest BCUT2D eigenvalue weighted by atomic mass is 10.1. The maximum Gasteiger partial charge on any atom is 0.417 e. The van der Waals surface area contributed by atoms with Gasteiger partial charge in [0.25, 0.3) is 0 Å². The molecule has 8 nitrogen and oxygen atoms in total. The Morgan fingerprint density at radius 2 is 1.74 bits per heavy atom. The van der Waals surface area contributed by atoms with Gasteiger partial charge in [0.05, 0.1) is 25.0 Å². The molecule has 2 heterocycles. The number of aromatic nitrogens is 3. The Hall–Kier alpha value is -3.73. The van der Waals surface area contributed by atoms with Gasteiger partial charge in [0.2, 0.25) is 17.8 Å². The number of rotatable bonds is 6. The molecule has 1 aliphatic heterocycles. The van der Waals surface area contributed by atoms with Gasteiger partial charge in [-0.05, 0) is 37.1 Å². The van der Waals surface area contributed by atoms with Crippen LogP contribution in [-0.4, -0.2) is 47.5 Å². The second-order valence-corrected chi connectivity index (χ2v) is 7.78. The first-order chi connectivity index (χ1) is 16.3. The highest BCUT2D eigenvalue weighted by Gasteiger charge is 2.32. The van der Waals surface area contributed by atoms with E-state index in [0.717, 1.165) is 29.1 Å². The smallest absolute Gasteiger partial charge is 0.378 e. The first-order valence-corrected chi connectivity index (χ1v) is 10.7. The van der Waals surface area contributed by atoms with Gasteiger partial charge in [0.1, 0.15) is 0 Å². The number of hydrogen-bond acceptors (Lipinski definition) is 8. The molecule has 0 aliphatic carbocycles. The third-order valence-electron chi connectivity index (χ3n) is 5.19. The summed E-state index contributed by atoms with van der Waals surface area (Å²) in [5.74, 6) is 0.808. The molecule has 2 N–H and O–H groups in total. The molecule has 0 unspecified atom stereocenters. The summed E-state index contributed by atoms with van der Waals surface area (Å²) in [5, 5.41) is 7.16. The molecule has 1 saturated heterocycles. The largest absolute Gasteiger partial charge is 0.417 e. The number of anilines is 4. The number of nitrogens with one attached hydrogen (secondary N) is 2. The quantitative estimate of drug-likeness (QED) is 0.403. The molecule has 11 heteroatoms. The van der Waals surface area contributed by atoms with Crippen molar-refractivity contribution in [3.05, 3.63) is 64.7 Å². The average molecular weight is 471 g/mol. The van der Waals surface area contributed by atoms with Crippen LogP contribution in [0.3, 0.4) is 0 Å². The molecule has 0 radical (unpaired) electrons. The van der Waals surface area contributed by atoms with E-state index in [1.165, 1.54) is 18.2 Å². The molecule has 1 aromatic heterocycles. The van der Waals surface area contributed by atoms with Crippen LogP contribution in [0.2, 0.25) is 0 Å². The predicted octanol–water partition coefficient (Wildman–Crippen LogP) is 4.53. The fraction of sp³-hybridized carbons (Fsp3) is 0.304. The van der Waals surface area contributed by atoms with Gasteiger partial charge in [-0.3, -0.25) is 0 Å². The maximum absolute atomic E-state index is 13.2. The monoisotopic (exact) mass is 471 g/mol. The molecule has 3 aromatic rings. The fourth-order valence-corrected chi connectivity index (χ4v) is 3.39. The number of benzene rings is 2. The van der Waals surface area contributed by atoms with E-state index in [-0.39, 0.29) is 11.5 Å². The van der Waals surface area contributed by atoms with Crippen LogP contribution in [0, 0.1) is 13.8 Å². The number of ether oxygens (including phenoxy) is 1. The minimum Gasteiger partial charge on any atom is -0.378 e. The van der Waals surface area contributed by atoms with E-state index in [0.29, 0.717) is 38.2 Å². The van der Waals surface area contributed by atoms with E-state index < -0.39 is 11.7 Å². The van der Waals surface area contributed by atoms with E-state index in [4.69, 9.17) is 4.74 Å². The second-order valence-electron chi connectivity index (χ2n) is 7.78. The highest BCUT2D eigenvalue weighted by Crippen LogP contribution is 2.31. The number of aryl methyl sites for hydroxylation is 2. The maximum atomic E-state index is 13.2. The Balaban J connectivity index is 1.62. The van der Waals surface area contributed by atoms with Gasteiger partial charge in [0.15, 0.2) is 0 Å². The molecule has 0 atom stereocenters. The highest BCUT2D eigenvalue weighted by molar-refractivity contribution is 5.82. The van der Waals surface area contributed by atoms with Crippen LogP contribution in [-0.2, 0) is 10.9 Å². The average Bonchev–Trinajstić information content (AvgIpc) is 2.82. The molecule has 2 aromatic carbocycles. The zero-order valence-corrected chi connectivity index (χ0v) is 18.7. The van der Waals surface area contributed by atoms with Crippen molar-refractivity contribution in [1.82, 2.24) is 15.0 Å². The SMILES string of the molecule is Cc1ccc(C)c(Nc2nc(N/N=C\c3ccccc3C(F)(F)F)nc(N3CCOCC3)n2)c1. The molecule has 0 spiro atoms. The van der Waals surface area contributed by atoms with Crippen LogP contribution in [0.5, 0.6) is 0 Å². The van der Waals surface area contributed by atoms with Crippen LogP contribution in [0.25, 0.3) is 0 Å². The van der Waals surface area contributed by atoms with Gasteiger partial charge in [-0.25, -0.2) is 5.43 Å². The Morgan fingerprint density at radius 3 is 2.50 bits per heavy atom. The lowest BCUT2D eigenvalue weighted by Crippen LogP contribution is -2.37. The zero-order valence-electron chi connectivity index (χ0n) is 18.7. The lowest BCUT2D eigenvalue weighted by molar-refractivity contribution is -0.137. The van der Waals surface area contributed by atoms with E-state index in [2.05, 4.69) is 30.8 Å². The lowest BCUT2D eigenvalue weighted by Gasteiger charge is -2.27. The third kappa shape index (κ3) is 5.79. The summed E-state index contributed by atoms with van der Waals surface area (Å²) in [7, 11) is 0. The fourth-order valence-electron chi connectivity index (χ4n) is 3.39. The van der Waals surface area contributed by atoms with Crippen molar-refractivity contribution in [3.63, 3.8) is 0 Å². The van der Waals surface area contributed by atoms with E-state index >= 15 is 0 Å². The number of morpholine rings is 1. The number of hydrazone groups is 1. The topological polar surface area (TPSA) is 87.6 Å². The van der Waals surface area contributed by atoms with Gasteiger partial charge >= 0.3 is 6.18 Å². The number of halogens is 3. The van der Waals surface area contributed by atoms with Crippen molar-refractivity contribution in [1.29, 1.82) is 0 Å². The molecule has 178 valence electrons. The van der Waals surface area contributed by atoms with Crippen molar-refractivity contribution in [3.8, 4) is 0 Å². The first kappa shape index (κ1) is 23.4. The molecule has 4 rings (SSSR count). The summed E-state index contributed by atoms with van der Waals surface area (Å²) in [4.78, 5) is 15.2. The van der Waals surface area contributed by atoms with Crippen LogP contribution in [0.15, 0.2) is 47.6 Å². The Morgan fingerprint density at radius 1 is 1.00 bits per heavy atom. The minimum atomic E-state index is -4.48. The van der Waals surface area contributed by atoms with E-state index in [1.54, 1.807) is 0 Å². The standard InChI is InChI=1S/C23H24F3N7O/c1-15-7-8-16(2)19(13-15)28-20-29-21(31-22(30-20)33-9-11-34-12-10-33)32-27-14-17-5-3-4-6-18(17)23(24,25)26/h3-8,13-14H,9-12H2,1-2H3,(H2,28,29,30,31,32)/b27-14-. The summed E-state index contributed by atoms with van der Waals surface area (Å²) in [6.07, 6.45) is -3.39. The molecular weight excluding hydrogens is 447 g/mol. The van der Waals surface area contributed by atoms with E-state index in [1.807, 2.05) is 36.9 Å². The van der Waals surface area contributed by atoms with Crippen LogP contribution in [0.1, 0.15) is 22.3 Å². The van der Waals surface area contributed by atoms with Crippen molar-refractivity contribution < 1.29 is 17.9 Å². The number of hydrogen-bond donors (Lipinski definition) is 2. The minimum absolute atomic E-state index is 0.0707.